The number of rotatable bonds is 7. The summed E-state index contributed by atoms with van der Waals surface area (Å²) >= 11 is 0. The summed E-state index contributed by atoms with van der Waals surface area (Å²) < 4.78 is 27.1. The quantitative estimate of drug-likeness (QED) is 0.627. The molecule has 0 saturated heterocycles. The lowest BCUT2D eigenvalue weighted by atomic mass is 9.79. The third-order valence-corrected chi connectivity index (χ3v) is 7.99. The third kappa shape index (κ3) is 4.46. The molecule has 3 rings (SSSR count). The van der Waals surface area contributed by atoms with Gasteiger partial charge in [0.25, 0.3) is 0 Å². The van der Waals surface area contributed by atoms with Gasteiger partial charge in [0.1, 0.15) is 11.8 Å². The van der Waals surface area contributed by atoms with Crippen LogP contribution in [0, 0.1) is 16.7 Å². The molecule has 0 bridgehead atoms. The Hall–Kier alpha value is -2.52. The second-order valence-corrected chi connectivity index (χ2v) is 10.3. The van der Waals surface area contributed by atoms with Gasteiger partial charge in [-0.25, -0.2) is 8.42 Å². The van der Waals surface area contributed by atoms with E-state index in [1.165, 1.54) is 12.1 Å². The van der Waals surface area contributed by atoms with Crippen LogP contribution in [0.3, 0.4) is 0 Å². The fraction of sp³-hybridized carbons (Fsp3) is 0.458. The topological polar surface area (TPSA) is 81.4 Å². The number of sulfone groups is 1. The maximum Gasteiger partial charge on any atom is 0.181 e. The van der Waals surface area contributed by atoms with Crippen LogP contribution in [0.4, 0.5) is 11.4 Å². The van der Waals surface area contributed by atoms with Gasteiger partial charge in [0.2, 0.25) is 0 Å². The molecule has 0 unspecified atom stereocenters. The molecule has 0 radical (unpaired) electrons. The number of para-hydroxylation sites is 1. The van der Waals surface area contributed by atoms with Gasteiger partial charge in [-0.05, 0) is 31.0 Å². The first kappa shape index (κ1) is 22.2. The molecule has 160 valence electrons. The van der Waals surface area contributed by atoms with Gasteiger partial charge in [0.05, 0.1) is 21.9 Å². The Balaban J connectivity index is 2.25. The summed E-state index contributed by atoms with van der Waals surface area (Å²) in [7, 11) is -3.65. The highest BCUT2D eigenvalue weighted by molar-refractivity contribution is 7.91. The summed E-state index contributed by atoms with van der Waals surface area (Å²) in [6.07, 6.45) is 5.60. The second-order valence-electron chi connectivity index (χ2n) is 8.34. The van der Waals surface area contributed by atoms with Gasteiger partial charge in [-0.2, -0.15) is 5.26 Å². The number of nitrogens with zero attached hydrogens (tertiary/aromatic N) is 2. The first-order valence-corrected chi connectivity index (χ1v) is 12.3. The molecule has 0 fully saturated rings. The molecule has 5 nitrogen and oxygen atoms in total. The fourth-order valence-corrected chi connectivity index (χ4v) is 6.54. The van der Waals surface area contributed by atoms with Crippen molar-refractivity contribution in [2.45, 2.75) is 57.3 Å². The van der Waals surface area contributed by atoms with Crippen LogP contribution in [-0.2, 0) is 9.84 Å². The van der Waals surface area contributed by atoms with Crippen LogP contribution >= 0.6 is 0 Å². The van der Waals surface area contributed by atoms with Crippen LogP contribution in [0.1, 0.15) is 57.9 Å². The molecule has 1 aliphatic rings. The maximum absolute atomic E-state index is 13.5. The highest BCUT2D eigenvalue weighted by atomic mass is 32.2. The van der Waals surface area contributed by atoms with E-state index in [-0.39, 0.29) is 27.4 Å². The molecule has 30 heavy (non-hydrogen) atoms. The number of hydrogen-bond acceptors (Lipinski definition) is 5. The minimum Gasteiger partial charge on any atom is -0.507 e. The number of phenols is 1. The van der Waals surface area contributed by atoms with Crippen molar-refractivity contribution in [1.82, 2.24) is 0 Å². The average molecular weight is 427 g/mol. The van der Waals surface area contributed by atoms with Crippen LogP contribution in [0.5, 0.6) is 5.75 Å². The standard InChI is InChI=1S/C24H30N2O3S/c1-3-5-12-24(13-6-4-2)17-26(20-10-8-7-9-11-20)21-14-19(16-25)22(27)15-23(21)30(28,29)18-24/h7-11,14-15,27H,3-6,12-13,17-18H2,1-2H3. The normalized spacial score (nSPS) is 17.0. The summed E-state index contributed by atoms with van der Waals surface area (Å²) in [6.45, 7) is 4.82. The Morgan fingerprint density at radius 2 is 1.73 bits per heavy atom. The number of hydrogen-bond donors (Lipinski definition) is 1. The van der Waals surface area contributed by atoms with E-state index in [0.717, 1.165) is 44.2 Å². The lowest BCUT2D eigenvalue weighted by molar-refractivity contribution is 0.270. The molecule has 0 spiro atoms. The second kappa shape index (κ2) is 9.09. The molecule has 6 heteroatoms. The molecule has 0 saturated carbocycles. The number of aromatic hydroxyl groups is 1. The number of fused-ring (bicyclic) bond motifs is 1. The highest BCUT2D eigenvalue weighted by Crippen LogP contribution is 2.46. The van der Waals surface area contributed by atoms with Crippen LogP contribution in [0.25, 0.3) is 0 Å². The molecule has 1 N–H and O–H groups in total. The average Bonchev–Trinajstić information content (AvgIpc) is 2.83. The van der Waals surface area contributed by atoms with Crippen molar-refractivity contribution in [3.63, 3.8) is 0 Å². The summed E-state index contributed by atoms with van der Waals surface area (Å²) in [5.74, 6) is -0.232. The summed E-state index contributed by atoms with van der Waals surface area (Å²) in [5.41, 5.74) is 1.06. The lowest BCUT2D eigenvalue weighted by Gasteiger charge is -2.37. The molecule has 1 heterocycles. The Kier molecular flexibility index (Phi) is 6.72. The number of unbranched alkanes of at least 4 members (excludes halogenated alkanes) is 2. The van der Waals surface area contributed by atoms with Crippen LogP contribution < -0.4 is 4.90 Å². The molecule has 2 aromatic rings. The van der Waals surface area contributed by atoms with Gasteiger partial charge < -0.3 is 10.0 Å². The van der Waals surface area contributed by atoms with E-state index in [9.17, 15) is 18.8 Å². The number of nitriles is 1. The van der Waals surface area contributed by atoms with Crippen molar-refractivity contribution in [1.29, 1.82) is 5.26 Å². The molecule has 0 aromatic heterocycles. The van der Waals surface area contributed by atoms with Gasteiger partial charge in [-0.15, -0.1) is 0 Å². The molecular formula is C24H30N2O3S. The van der Waals surface area contributed by atoms with E-state index in [0.29, 0.717) is 12.2 Å². The van der Waals surface area contributed by atoms with E-state index in [1.807, 2.05) is 41.3 Å². The van der Waals surface area contributed by atoms with E-state index >= 15 is 0 Å². The van der Waals surface area contributed by atoms with Crippen molar-refractivity contribution >= 4 is 21.2 Å². The van der Waals surface area contributed by atoms with Crippen molar-refractivity contribution < 1.29 is 13.5 Å². The third-order valence-electron chi connectivity index (χ3n) is 6.00. The Morgan fingerprint density at radius 1 is 1.10 bits per heavy atom. The van der Waals surface area contributed by atoms with Gasteiger partial charge in [0, 0.05) is 23.7 Å². The first-order valence-electron chi connectivity index (χ1n) is 10.7. The SMILES string of the molecule is CCCCC1(CCCC)CN(c2ccccc2)c2cc(C#N)c(O)cc2S(=O)(=O)C1. The summed E-state index contributed by atoms with van der Waals surface area (Å²) in [4.78, 5) is 2.14. The zero-order valence-corrected chi connectivity index (χ0v) is 18.6. The summed E-state index contributed by atoms with van der Waals surface area (Å²) in [6, 6.07) is 14.5. The Labute approximate surface area is 179 Å². The van der Waals surface area contributed by atoms with Crippen molar-refractivity contribution in [2.24, 2.45) is 5.41 Å². The number of phenolic OH excluding ortho intramolecular Hbond substituents is 1. The van der Waals surface area contributed by atoms with Gasteiger partial charge >= 0.3 is 0 Å². The molecule has 2 aromatic carbocycles. The van der Waals surface area contributed by atoms with Gasteiger partial charge in [-0.1, -0.05) is 57.7 Å². The summed E-state index contributed by atoms with van der Waals surface area (Å²) in [5, 5.41) is 19.7. The van der Waals surface area contributed by atoms with E-state index in [1.54, 1.807) is 0 Å². The lowest BCUT2D eigenvalue weighted by Crippen LogP contribution is -2.38. The first-order chi connectivity index (χ1) is 14.4. The molecule has 0 atom stereocenters. The Morgan fingerprint density at radius 3 is 2.30 bits per heavy atom. The minimum absolute atomic E-state index is 0.0572. The molecule has 0 amide bonds. The molecule has 0 aliphatic carbocycles. The van der Waals surface area contributed by atoms with Crippen LogP contribution in [-0.4, -0.2) is 25.8 Å². The van der Waals surface area contributed by atoms with E-state index in [2.05, 4.69) is 13.8 Å². The molecular weight excluding hydrogens is 396 g/mol. The predicted molar refractivity (Wildman–Crippen MR) is 120 cm³/mol. The maximum atomic E-state index is 13.5. The highest BCUT2D eigenvalue weighted by Gasteiger charge is 2.42. The number of anilines is 2. The minimum atomic E-state index is -3.65. The van der Waals surface area contributed by atoms with Crippen molar-refractivity contribution in [3.05, 3.63) is 48.0 Å². The van der Waals surface area contributed by atoms with E-state index in [4.69, 9.17) is 0 Å². The zero-order valence-electron chi connectivity index (χ0n) is 17.8. The van der Waals surface area contributed by atoms with Crippen LogP contribution in [0.15, 0.2) is 47.4 Å². The zero-order chi connectivity index (χ0) is 21.8. The van der Waals surface area contributed by atoms with Gasteiger partial charge in [-0.3, -0.25) is 0 Å². The van der Waals surface area contributed by atoms with Gasteiger partial charge in [0.15, 0.2) is 9.84 Å². The Bertz CT molecular complexity index is 1020. The van der Waals surface area contributed by atoms with Crippen molar-refractivity contribution in [2.75, 3.05) is 17.2 Å². The number of benzene rings is 2. The predicted octanol–water partition coefficient (Wildman–Crippen LogP) is 5.56. The van der Waals surface area contributed by atoms with Crippen LogP contribution in [0.2, 0.25) is 0 Å². The largest absolute Gasteiger partial charge is 0.507 e. The fourth-order valence-electron chi connectivity index (χ4n) is 4.42. The monoisotopic (exact) mass is 426 g/mol. The van der Waals surface area contributed by atoms with E-state index < -0.39 is 9.84 Å². The smallest absolute Gasteiger partial charge is 0.181 e. The molecule has 1 aliphatic heterocycles. The van der Waals surface area contributed by atoms with Crippen molar-refractivity contribution in [3.8, 4) is 11.8 Å².